The minimum absolute atomic E-state index is 0.0956. The van der Waals surface area contributed by atoms with Gasteiger partial charge >= 0.3 is 6.09 Å². The highest BCUT2D eigenvalue weighted by molar-refractivity contribution is 7.16. The van der Waals surface area contributed by atoms with Crippen LogP contribution in [-0.2, 0) is 30.0 Å². The Kier molecular flexibility index (Phi) is 10.3. The number of carbonyl (C=O) groups is 2. The Morgan fingerprint density at radius 1 is 1.04 bits per heavy atom. The Labute approximate surface area is 296 Å². The van der Waals surface area contributed by atoms with E-state index in [4.69, 9.17) is 14.0 Å². The summed E-state index contributed by atoms with van der Waals surface area (Å²) in [6, 6.07) is 26.1. The Morgan fingerprint density at radius 2 is 1.68 bits per heavy atom. The number of nitrogens with zero attached hydrogens (tertiary/aromatic N) is 3. The summed E-state index contributed by atoms with van der Waals surface area (Å²) in [4.78, 5) is 27.4. The van der Waals surface area contributed by atoms with Crippen LogP contribution in [0.25, 0.3) is 21.8 Å². The predicted molar refractivity (Wildman–Crippen MR) is 195 cm³/mol. The molecule has 0 spiro atoms. The van der Waals surface area contributed by atoms with Crippen LogP contribution in [-0.4, -0.2) is 40.9 Å². The normalized spacial score (nSPS) is 13.9. The first-order valence-electron chi connectivity index (χ1n) is 16.7. The zero-order valence-corrected chi connectivity index (χ0v) is 29.8. The molecule has 0 fully saturated rings. The molecule has 1 aliphatic heterocycles. The molecular formula is C39H42N4O6S. The van der Waals surface area contributed by atoms with Crippen molar-refractivity contribution in [3.05, 3.63) is 106 Å². The lowest BCUT2D eigenvalue weighted by Crippen LogP contribution is -2.54. The molecule has 0 saturated heterocycles. The van der Waals surface area contributed by atoms with Gasteiger partial charge in [-0.25, -0.2) is 9.80 Å². The van der Waals surface area contributed by atoms with Crippen LogP contribution >= 0.6 is 11.3 Å². The first-order valence-corrected chi connectivity index (χ1v) is 17.6. The summed E-state index contributed by atoms with van der Waals surface area (Å²) in [5.41, 5.74) is 7.44. The van der Waals surface area contributed by atoms with E-state index in [1.807, 2.05) is 93.6 Å². The summed E-state index contributed by atoms with van der Waals surface area (Å²) in [7, 11) is 0. The molecule has 6 rings (SSSR count). The van der Waals surface area contributed by atoms with E-state index in [0.29, 0.717) is 66.9 Å². The van der Waals surface area contributed by atoms with Gasteiger partial charge in [-0.3, -0.25) is 15.1 Å². The third-order valence-electron chi connectivity index (χ3n) is 8.99. The first kappa shape index (κ1) is 34.7. The van der Waals surface area contributed by atoms with E-state index in [-0.39, 0.29) is 5.92 Å². The lowest BCUT2D eigenvalue weighted by molar-refractivity contribution is -0.107. The van der Waals surface area contributed by atoms with E-state index >= 15 is 0 Å². The molecule has 0 saturated carbocycles. The number of rotatable bonds is 13. The molecule has 2 aromatic heterocycles. The second kappa shape index (κ2) is 14.8. The van der Waals surface area contributed by atoms with Crippen LogP contribution in [0.2, 0.25) is 0 Å². The molecule has 10 nitrogen and oxygen atoms in total. The largest absolute Gasteiger partial charge is 0.488 e. The third kappa shape index (κ3) is 7.10. The van der Waals surface area contributed by atoms with Gasteiger partial charge in [0.2, 0.25) is 6.41 Å². The van der Waals surface area contributed by atoms with Crippen molar-refractivity contribution in [1.82, 2.24) is 15.6 Å². The monoisotopic (exact) mass is 694 g/mol. The molecule has 50 heavy (non-hydrogen) atoms. The van der Waals surface area contributed by atoms with Gasteiger partial charge in [0.15, 0.2) is 11.6 Å². The maximum Gasteiger partial charge on any atom is 0.419 e. The van der Waals surface area contributed by atoms with Gasteiger partial charge in [0.25, 0.3) is 0 Å². The zero-order chi connectivity index (χ0) is 35.4. The number of carboxylic acid groups (broad SMARTS) is 1. The van der Waals surface area contributed by atoms with Gasteiger partial charge in [-0.1, -0.05) is 79.7 Å². The molecule has 0 aliphatic carbocycles. The summed E-state index contributed by atoms with van der Waals surface area (Å²) >= 11 is 1.54. The smallest absolute Gasteiger partial charge is 0.419 e. The summed E-state index contributed by atoms with van der Waals surface area (Å²) in [6.45, 7) is 11.7. The fourth-order valence-corrected chi connectivity index (χ4v) is 7.64. The van der Waals surface area contributed by atoms with Crippen molar-refractivity contribution >= 4 is 29.7 Å². The molecule has 0 radical (unpaired) electrons. The van der Waals surface area contributed by atoms with Gasteiger partial charge < -0.3 is 19.1 Å². The number of hydrogen-bond acceptors (Lipinski definition) is 8. The zero-order valence-electron chi connectivity index (χ0n) is 28.9. The maximum absolute atomic E-state index is 12.3. The van der Waals surface area contributed by atoms with Gasteiger partial charge in [0.1, 0.15) is 24.7 Å². The topological polar surface area (TPSA) is 117 Å². The van der Waals surface area contributed by atoms with Crippen molar-refractivity contribution in [2.45, 2.75) is 65.7 Å². The Hall–Kier alpha value is -5.13. The average molecular weight is 695 g/mol. The maximum atomic E-state index is 12.3. The molecule has 0 unspecified atom stereocenters. The van der Waals surface area contributed by atoms with Crippen molar-refractivity contribution in [3.63, 3.8) is 0 Å². The van der Waals surface area contributed by atoms with Crippen LogP contribution in [0, 0.1) is 0 Å². The van der Waals surface area contributed by atoms with E-state index < -0.39 is 11.6 Å². The molecular weight excluding hydrogens is 653 g/mol. The van der Waals surface area contributed by atoms with E-state index in [1.54, 1.807) is 16.3 Å². The summed E-state index contributed by atoms with van der Waals surface area (Å²) < 4.78 is 19.2. The average Bonchev–Trinajstić information content (AvgIpc) is 3.74. The molecule has 5 aromatic rings. The number of hydrazine groups is 1. The molecule has 1 aliphatic rings. The van der Waals surface area contributed by atoms with E-state index in [2.05, 4.69) is 30.5 Å². The standard InChI is InChI=1S/C39H42N4O6S/c1-6-42(24-44)37-34(33-19-28-17-18-43(40-38(45)46)39(4,5)36(28)50-33)35(49-41-37)30-20-29(25(2)3)31(47-22-26-13-9-7-10-14-26)21-32(30)48-23-27-15-11-8-12-16-27/h7-16,19-21,24-25,40H,6,17-18,22-23H2,1-5H3,(H,45,46). The summed E-state index contributed by atoms with van der Waals surface area (Å²) in [5, 5.41) is 15.7. The quantitative estimate of drug-likeness (QED) is 0.118. The molecule has 3 heterocycles. The van der Waals surface area contributed by atoms with Crippen LogP contribution in [0.4, 0.5) is 10.6 Å². The van der Waals surface area contributed by atoms with Crippen molar-refractivity contribution in [3.8, 4) is 33.3 Å². The van der Waals surface area contributed by atoms with Crippen LogP contribution in [0.15, 0.2) is 83.4 Å². The van der Waals surface area contributed by atoms with Gasteiger partial charge in [0.05, 0.1) is 16.7 Å². The van der Waals surface area contributed by atoms with E-state index in [1.165, 1.54) is 4.90 Å². The second-order valence-electron chi connectivity index (χ2n) is 13.0. The van der Waals surface area contributed by atoms with E-state index in [0.717, 1.165) is 38.4 Å². The number of thiophene rings is 1. The SMILES string of the molecule is CCN(C=O)c1noc(-c2cc(C(C)C)c(OCc3ccccc3)cc2OCc2ccccc2)c1-c1cc2c(s1)C(C)(C)N(NC(=O)O)CC2. The minimum atomic E-state index is -1.10. The Morgan fingerprint density at radius 3 is 2.26 bits per heavy atom. The number of ether oxygens (including phenoxy) is 2. The van der Waals surface area contributed by atoms with E-state index in [9.17, 15) is 14.7 Å². The number of hydrogen-bond donors (Lipinski definition) is 2. The first-order chi connectivity index (χ1) is 24.1. The van der Waals surface area contributed by atoms with Crippen LogP contribution < -0.4 is 19.8 Å². The van der Waals surface area contributed by atoms with Gasteiger partial charge in [0, 0.05) is 28.9 Å². The Bertz CT molecular complexity index is 1950. The molecule has 0 bridgehead atoms. The molecule has 260 valence electrons. The highest BCUT2D eigenvalue weighted by Gasteiger charge is 2.39. The van der Waals surface area contributed by atoms with Gasteiger partial charge in [-0.2, -0.15) is 0 Å². The number of nitrogens with one attached hydrogen (secondary N) is 1. The van der Waals surface area contributed by atoms with Crippen LogP contribution in [0.1, 0.15) is 67.7 Å². The van der Waals surface area contributed by atoms with Gasteiger partial charge in [-0.15, -0.1) is 11.3 Å². The van der Waals surface area contributed by atoms with Crippen molar-refractivity contribution in [2.24, 2.45) is 0 Å². The van der Waals surface area contributed by atoms with Crippen LogP contribution in [0.3, 0.4) is 0 Å². The molecule has 2 amide bonds. The highest BCUT2D eigenvalue weighted by atomic mass is 32.1. The number of benzene rings is 3. The van der Waals surface area contributed by atoms with Crippen molar-refractivity contribution in [2.75, 3.05) is 18.0 Å². The molecule has 11 heteroatoms. The number of fused-ring (bicyclic) bond motifs is 1. The van der Waals surface area contributed by atoms with Gasteiger partial charge in [-0.05, 0) is 67.5 Å². The van der Waals surface area contributed by atoms with Crippen molar-refractivity contribution in [1.29, 1.82) is 0 Å². The Balaban J connectivity index is 1.51. The molecule has 0 atom stereocenters. The minimum Gasteiger partial charge on any atom is -0.488 e. The number of anilines is 1. The molecule has 2 N–H and O–H groups in total. The molecule has 3 aromatic carbocycles. The number of carbonyl (C=O) groups excluding carboxylic acids is 1. The lowest BCUT2D eigenvalue weighted by atomic mass is 9.92. The fourth-order valence-electron chi connectivity index (χ4n) is 6.28. The highest BCUT2D eigenvalue weighted by Crippen LogP contribution is 2.50. The number of amides is 2. The number of aromatic nitrogens is 1. The third-order valence-corrected chi connectivity index (χ3v) is 10.5. The summed E-state index contributed by atoms with van der Waals surface area (Å²) in [5.74, 6) is 2.23. The predicted octanol–water partition coefficient (Wildman–Crippen LogP) is 8.61. The fraction of sp³-hybridized carbons (Fsp3) is 0.308. The second-order valence-corrected chi connectivity index (χ2v) is 14.1. The summed E-state index contributed by atoms with van der Waals surface area (Å²) in [6.07, 6.45) is 0.299. The lowest BCUT2D eigenvalue weighted by Gasteiger charge is -2.41. The van der Waals surface area contributed by atoms with Crippen molar-refractivity contribution < 1.29 is 28.7 Å². The van der Waals surface area contributed by atoms with Crippen LogP contribution in [0.5, 0.6) is 11.5 Å².